The Bertz CT molecular complexity index is 1030. The molecule has 0 saturated heterocycles. The van der Waals surface area contributed by atoms with Gasteiger partial charge in [-0.05, 0) is 55.3 Å². The number of amides is 1. The minimum Gasteiger partial charge on any atom is -0.465 e. The lowest BCUT2D eigenvalue weighted by Crippen LogP contribution is -2.15. The van der Waals surface area contributed by atoms with Gasteiger partial charge < -0.3 is 15.4 Å². The molecule has 0 unspecified atom stereocenters. The third-order valence-corrected chi connectivity index (χ3v) is 4.47. The SMILES string of the molecule is COC(=O)c1ccccc1NC(=O)c1ccnc(Nc2cccc(C)c2C)c1. The number of esters is 1. The second-order valence-electron chi connectivity index (χ2n) is 6.29. The summed E-state index contributed by atoms with van der Waals surface area (Å²) in [4.78, 5) is 28.8. The van der Waals surface area contributed by atoms with E-state index in [0.29, 0.717) is 22.6 Å². The van der Waals surface area contributed by atoms with Crippen molar-refractivity contribution in [3.63, 3.8) is 0 Å². The van der Waals surface area contributed by atoms with Crippen LogP contribution in [0.1, 0.15) is 31.8 Å². The molecule has 1 heterocycles. The normalized spacial score (nSPS) is 10.2. The van der Waals surface area contributed by atoms with Gasteiger partial charge in [-0.25, -0.2) is 9.78 Å². The number of hydrogen-bond donors (Lipinski definition) is 2. The van der Waals surface area contributed by atoms with Crippen LogP contribution in [0.3, 0.4) is 0 Å². The monoisotopic (exact) mass is 375 g/mol. The van der Waals surface area contributed by atoms with Crippen LogP contribution in [0.25, 0.3) is 0 Å². The predicted molar refractivity (Wildman–Crippen MR) is 109 cm³/mol. The summed E-state index contributed by atoms with van der Waals surface area (Å²) in [5.41, 5.74) is 4.31. The van der Waals surface area contributed by atoms with Crippen molar-refractivity contribution < 1.29 is 14.3 Å². The van der Waals surface area contributed by atoms with Gasteiger partial charge in [-0.15, -0.1) is 0 Å². The second kappa shape index (κ2) is 8.35. The highest BCUT2D eigenvalue weighted by molar-refractivity contribution is 6.08. The van der Waals surface area contributed by atoms with Gasteiger partial charge in [-0.1, -0.05) is 24.3 Å². The molecule has 0 bridgehead atoms. The zero-order valence-electron chi connectivity index (χ0n) is 15.9. The first-order valence-corrected chi connectivity index (χ1v) is 8.77. The van der Waals surface area contributed by atoms with Gasteiger partial charge in [0.15, 0.2) is 0 Å². The van der Waals surface area contributed by atoms with Gasteiger partial charge in [0.25, 0.3) is 5.91 Å². The number of carbonyl (C=O) groups excluding carboxylic acids is 2. The number of benzene rings is 2. The highest BCUT2D eigenvalue weighted by Gasteiger charge is 2.15. The molecule has 3 rings (SSSR count). The Morgan fingerprint density at radius 3 is 2.50 bits per heavy atom. The van der Waals surface area contributed by atoms with Crippen molar-refractivity contribution in [3.8, 4) is 0 Å². The lowest BCUT2D eigenvalue weighted by atomic mass is 10.1. The van der Waals surface area contributed by atoms with Crippen molar-refractivity contribution >= 4 is 29.1 Å². The smallest absolute Gasteiger partial charge is 0.339 e. The van der Waals surface area contributed by atoms with Crippen molar-refractivity contribution in [2.24, 2.45) is 0 Å². The Hall–Kier alpha value is -3.67. The number of carbonyl (C=O) groups is 2. The number of anilines is 3. The molecule has 1 aromatic heterocycles. The standard InChI is InChI=1S/C22H21N3O3/c1-14-7-6-10-18(15(14)2)24-20-13-16(11-12-23-20)21(26)25-19-9-5-4-8-17(19)22(27)28-3/h4-13H,1-3H3,(H,23,24)(H,25,26). The molecule has 0 atom stereocenters. The average molecular weight is 375 g/mol. The Morgan fingerprint density at radius 2 is 1.71 bits per heavy atom. The molecular weight excluding hydrogens is 354 g/mol. The summed E-state index contributed by atoms with van der Waals surface area (Å²) >= 11 is 0. The molecule has 1 amide bonds. The molecule has 28 heavy (non-hydrogen) atoms. The van der Waals surface area contributed by atoms with E-state index in [-0.39, 0.29) is 5.91 Å². The minimum absolute atomic E-state index is 0.293. The van der Waals surface area contributed by atoms with Gasteiger partial charge >= 0.3 is 5.97 Å². The Kier molecular flexibility index (Phi) is 5.69. The number of rotatable bonds is 5. The maximum atomic E-state index is 12.7. The maximum absolute atomic E-state index is 12.7. The fraction of sp³-hybridized carbons (Fsp3) is 0.136. The summed E-state index contributed by atoms with van der Waals surface area (Å²) in [5, 5.41) is 6.00. The van der Waals surface area contributed by atoms with Crippen LogP contribution < -0.4 is 10.6 Å². The molecule has 0 aliphatic carbocycles. The molecule has 0 fully saturated rings. The molecule has 0 spiro atoms. The van der Waals surface area contributed by atoms with E-state index in [1.807, 2.05) is 32.0 Å². The van der Waals surface area contributed by atoms with Gasteiger partial charge in [-0.2, -0.15) is 0 Å². The van der Waals surface area contributed by atoms with Crippen LogP contribution in [0.4, 0.5) is 17.2 Å². The van der Waals surface area contributed by atoms with E-state index in [1.165, 1.54) is 12.7 Å². The van der Waals surface area contributed by atoms with Gasteiger partial charge in [-0.3, -0.25) is 4.79 Å². The van der Waals surface area contributed by atoms with Crippen LogP contribution in [0.15, 0.2) is 60.8 Å². The summed E-state index contributed by atoms with van der Waals surface area (Å²) in [5.74, 6) is -0.298. The van der Waals surface area contributed by atoms with Crippen LogP contribution >= 0.6 is 0 Å². The molecule has 0 radical (unpaired) electrons. The predicted octanol–water partition coefficient (Wildman–Crippen LogP) is 4.48. The molecule has 0 aliphatic rings. The molecule has 2 aromatic carbocycles. The fourth-order valence-electron chi connectivity index (χ4n) is 2.74. The van der Waals surface area contributed by atoms with E-state index in [1.54, 1.807) is 42.6 Å². The summed E-state index contributed by atoms with van der Waals surface area (Å²) in [7, 11) is 1.30. The first-order valence-electron chi connectivity index (χ1n) is 8.77. The number of para-hydroxylation sites is 1. The highest BCUT2D eigenvalue weighted by atomic mass is 16.5. The number of nitrogens with one attached hydrogen (secondary N) is 2. The van der Waals surface area contributed by atoms with E-state index in [0.717, 1.165) is 11.3 Å². The van der Waals surface area contributed by atoms with Crippen LogP contribution in [0.2, 0.25) is 0 Å². The number of aryl methyl sites for hydroxylation is 1. The van der Waals surface area contributed by atoms with Crippen molar-refractivity contribution in [1.29, 1.82) is 0 Å². The van der Waals surface area contributed by atoms with Gasteiger partial charge in [0.2, 0.25) is 0 Å². The number of aromatic nitrogens is 1. The molecule has 0 aliphatic heterocycles. The Morgan fingerprint density at radius 1 is 0.964 bits per heavy atom. The van der Waals surface area contributed by atoms with E-state index in [9.17, 15) is 9.59 Å². The van der Waals surface area contributed by atoms with Crippen molar-refractivity contribution in [1.82, 2.24) is 4.98 Å². The lowest BCUT2D eigenvalue weighted by molar-refractivity contribution is 0.0602. The summed E-state index contributed by atoms with van der Waals surface area (Å²) < 4.78 is 4.76. The maximum Gasteiger partial charge on any atom is 0.339 e. The Balaban J connectivity index is 1.82. The fourth-order valence-corrected chi connectivity index (χ4v) is 2.74. The minimum atomic E-state index is -0.511. The van der Waals surface area contributed by atoms with Crippen molar-refractivity contribution in [3.05, 3.63) is 83.0 Å². The van der Waals surface area contributed by atoms with E-state index >= 15 is 0 Å². The first kappa shape index (κ1) is 19.1. The van der Waals surface area contributed by atoms with E-state index in [2.05, 4.69) is 15.6 Å². The summed E-state index contributed by atoms with van der Waals surface area (Å²) in [6.45, 7) is 4.06. The van der Waals surface area contributed by atoms with Crippen molar-refractivity contribution in [2.45, 2.75) is 13.8 Å². The molecular formula is C22H21N3O3. The lowest BCUT2D eigenvalue weighted by Gasteiger charge is -2.12. The molecule has 0 saturated carbocycles. The van der Waals surface area contributed by atoms with Gasteiger partial charge in [0.05, 0.1) is 18.4 Å². The van der Waals surface area contributed by atoms with E-state index in [4.69, 9.17) is 4.74 Å². The Labute approximate surface area is 163 Å². The largest absolute Gasteiger partial charge is 0.465 e. The average Bonchev–Trinajstić information content (AvgIpc) is 2.71. The molecule has 6 nitrogen and oxygen atoms in total. The third-order valence-electron chi connectivity index (χ3n) is 4.47. The second-order valence-corrected chi connectivity index (χ2v) is 6.29. The zero-order valence-corrected chi connectivity index (χ0v) is 15.9. The molecule has 3 aromatic rings. The molecule has 6 heteroatoms. The first-order chi connectivity index (χ1) is 13.5. The third kappa shape index (κ3) is 4.17. The number of pyridine rings is 1. The van der Waals surface area contributed by atoms with Crippen LogP contribution in [-0.2, 0) is 4.74 Å². The van der Waals surface area contributed by atoms with Gasteiger partial charge in [0, 0.05) is 17.4 Å². The highest BCUT2D eigenvalue weighted by Crippen LogP contribution is 2.23. The van der Waals surface area contributed by atoms with Gasteiger partial charge in [0.1, 0.15) is 5.82 Å². The van der Waals surface area contributed by atoms with Crippen LogP contribution in [0, 0.1) is 13.8 Å². The summed E-state index contributed by atoms with van der Waals surface area (Å²) in [6, 6.07) is 15.9. The zero-order chi connectivity index (χ0) is 20.1. The molecule has 2 N–H and O–H groups in total. The molecule has 142 valence electrons. The summed E-state index contributed by atoms with van der Waals surface area (Å²) in [6.07, 6.45) is 1.56. The van der Waals surface area contributed by atoms with Crippen molar-refractivity contribution in [2.75, 3.05) is 17.7 Å². The quantitative estimate of drug-likeness (QED) is 0.643. The van der Waals surface area contributed by atoms with E-state index < -0.39 is 5.97 Å². The number of hydrogen-bond acceptors (Lipinski definition) is 5. The number of methoxy groups -OCH3 is 1. The van der Waals surface area contributed by atoms with Crippen LogP contribution in [0.5, 0.6) is 0 Å². The number of nitrogens with zero attached hydrogens (tertiary/aromatic N) is 1. The topological polar surface area (TPSA) is 80.3 Å². The van der Waals surface area contributed by atoms with Crippen LogP contribution in [-0.4, -0.2) is 24.0 Å². The number of ether oxygens (including phenoxy) is 1.